The summed E-state index contributed by atoms with van der Waals surface area (Å²) in [4.78, 5) is 4.59. The van der Waals surface area contributed by atoms with Crippen LogP contribution in [0.4, 0.5) is 0 Å². The number of nitrogens with one attached hydrogen (secondary N) is 1. The van der Waals surface area contributed by atoms with Gasteiger partial charge >= 0.3 is 0 Å². The number of pyridine rings is 1. The van der Waals surface area contributed by atoms with Gasteiger partial charge in [0.2, 0.25) is 0 Å². The SMILES string of the molecule is CCNC(c1ccc(C)c(Cl)c1)c1ncccc1CC. The van der Waals surface area contributed by atoms with Crippen molar-refractivity contribution in [3.63, 3.8) is 0 Å². The maximum atomic E-state index is 6.27. The van der Waals surface area contributed by atoms with Crippen molar-refractivity contribution < 1.29 is 0 Å². The summed E-state index contributed by atoms with van der Waals surface area (Å²) in [5.74, 6) is 0. The Morgan fingerprint density at radius 1 is 1.25 bits per heavy atom. The third-order valence-corrected chi connectivity index (χ3v) is 3.93. The molecule has 2 rings (SSSR count). The number of rotatable bonds is 5. The van der Waals surface area contributed by atoms with Crippen molar-refractivity contribution in [2.45, 2.75) is 33.2 Å². The minimum atomic E-state index is 0.0919. The predicted molar refractivity (Wildman–Crippen MR) is 85.3 cm³/mol. The van der Waals surface area contributed by atoms with E-state index in [-0.39, 0.29) is 6.04 Å². The molecular formula is C17H21ClN2. The van der Waals surface area contributed by atoms with Gasteiger partial charge in [-0.05, 0) is 48.7 Å². The van der Waals surface area contributed by atoms with Crippen molar-refractivity contribution in [3.8, 4) is 0 Å². The largest absolute Gasteiger partial charge is 0.305 e. The molecule has 0 saturated carbocycles. The van der Waals surface area contributed by atoms with Crippen molar-refractivity contribution in [2.75, 3.05) is 6.54 Å². The fourth-order valence-corrected chi connectivity index (χ4v) is 2.56. The topological polar surface area (TPSA) is 24.9 Å². The molecule has 0 amide bonds. The molecule has 0 spiro atoms. The first-order valence-electron chi connectivity index (χ1n) is 7.10. The molecule has 1 aromatic heterocycles. The van der Waals surface area contributed by atoms with Gasteiger partial charge in [0, 0.05) is 11.2 Å². The maximum Gasteiger partial charge on any atom is 0.0754 e. The van der Waals surface area contributed by atoms with Crippen molar-refractivity contribution in [3.05, 3.63) is 63.9 Å². The molecule has 1 atom stereocenters. The normalized spacial score (nSPS) is 12.4. The van der Waals surface area contributed by atoms with Crippen LogP contribution in [0.5, 0.6) is 0 Å². The molecule has 0 aliphatic rings. The Labute approximate surface area is 126 Å². The van der Waals surface area contributed by atoms with Crippen molar-refractivity contribution >= 4 is 11.6 Å². The Bertz CT molecular complexity index is 581. The molecule has 0 saturated heterocycles. The van der Waals surface area contributed by atoms with Crippen molar-refractivity contribution in [1.82, 2.24) is 10.3 Å². The van der Waals surface area contributed by atoms with Crippen LogP contribution in [0.1, 0.15) is 42.3 Å². The molecule has 106 valence electrons. The van der Waals surface area contributed by atoms with Crippen molar-refractivity contribution in [2.24, 2.45) is 0 Å². The van der Waals surface area contributed by atoms with E-state index in [0.717, 1.165) is 34.8 Å². The van der Waals surface area contributed by atoms with E-state index < -0.39 is 0 Å². The van der Waals surface area contributed by atoms with Gasteiger partial charge in [-0.25, -0.2) is 0 Å². The predicted octanol–water partition coefficient (Wildman–Crippen LogP) is 4.30. The summed E-state index contributed by atoms with van der Waals surface area (Å²) in [6, 6.07) is 10.5. The van der Waals surface area contributed by atoms with Crippen LogP contribution in [0.2, 0.25) is 5.02 Å². The van der Waals surface area contributed by atoms with Crippen LogP contribution >= 0.6 is 11.6 Å². The van der Waals surface area contributed by atoms with Crippen LogP contribution in [-0.2, 0) is 6.42 Å². The van der Waals surface area contributed by atoms with Crippen LogP contribution in [0.15, 0.2) is 36.5 Å². The van der Waals surface area contributed by atoms with Gasteiger partial charge in [-0.2, -0.15) is 0 Å². The Morgan fingerprint density at radius 3 is 2.70 bits per heavy atom. The maximum absolute atomic E-state index is 6.27. The molecule has 1 N–H and O–H groups in total. The minimum Gasteiger partial charge on any atom is -0.305 e. The zero-order valence-corrected chi connectivity index (χ0v) is 13.0. The number of aryl methyl sites for hydroxylation is 2. The summed E-state index contributed by atoms with van der Waals surface area (Å²) in [5, 5.41) is 4.32. The molecule has 0 aliphatic carbocycles. The van der Waals surface area contributed by atoms with E-state index in [9.17, 15) is 0 Å². The second kappa shape index (κ2) is 6.87. The summed E-state index contributed by atoms with van der Waals surface area (Å²) in [6.45, 7) is 7.17. The highest BCUT2D eigenvalue weighted by Crippen LogP contribution is 2.27. The molecule has 0 bridgehead atoms. The molecule has 3 heteroatoms. The van der Waals surface area contributed by atoms with Gasteiger partial charge in [-0.3, -0.25) is 4.98 Å². The average molecular weight is 289 g/mol. The summed E-state index contributed by atoms with van der Waals surface area (Å²) < 4.78 is 0. The first kappa shape index (κ1) is 15.0. The highest BCUT2D eigenvalue weighted by Gasteiger charge is 2.17. The zero-order valence-electron chi connectivity index (χ0n) is 12.3. The average Bonchev–Trinajstić information content (AvgIpc) is 2.48. The first-order valence-corrected chi connectivity index (χ1v) is 7.48. The van der Waals surface area contributed by atoms with Gasteiger partial charge in [0.05, 0.1) is 11.7 Å². The molecule has 0 radical (unpaired) electrons. The standard InChI is InChI=1S/C17H21ClN2/c1-4-13-7-6-10-20-16(13)17(19-5-2)14-9-8-12(3)15(18)11-14/h6-11,17,19H,4-5H2,1-3H3. The summed E-state index contributed by atoms with van der Waals surface area (Å²) in [5.41, 5.74) is 4.63. The van der Waals surface area contributed by atoms with Crippen LogP contribution in [0, 0.1) is 6.92 Å². The molecule has 2 nitrogen and oxygen atoms in total. The first-order chi connectivity index (χ1) is 9.67. The van der Waals surface area contributed by atoms with Crippen LogP contribution in [0.3, 0.4) is 0 Å². The Hall–Kier alpha value is -1.38. The molecule has 0 aliphatic heterocycles. The second-order valence-corrected chi connectivity index (χ2v) is 5.31. The van der Waals surface area contributed by atoms with E-state index in [4.69, 9.17) is 11.6 Å². The fourth-order valence-electron chi connectivity index (χ4n) is 2.37. The number of hydrogen-bond acceptors (Lipinski definition) is 2. The summed E-state index contributed by atoms with van der Waals surface area (Å²) in [6.07, 6.45) is 2.83. The molecule has 1 unspecified atom stereocenters. The highest BCUT2D eigenvalue weighted by atomic mass is 35.5. The number of halogens is 1. The van der Waals surface area contributed by atoms with Gasteiger partial charge in [-0.15, -0.1) is 0 Å². The van der Waals surface area contributed by atoms with Crippen LogP contribution in [0.25, 0.3) is 0 Å². The molecule has 2 aromatic rings. The summed E-state index contributed by atoms with van der Waals surface area (Å²) >= 11 is 6.27. The smallest absolute Gasteiger partial charge is 0.0754 e. The lowest BCUT2D eigenvalue weighted by atomic mass is 9.97. The van der Waals surface area contributed by atoms with Gasteiger partial charge in [-0.1, -0.05) is 43.6 Å². The number of benzene rings is 1. The van der Waals surface area contributed by atoms with E-state index in [1.54, 1.807) is 0 Å². The summed E-state index contributed by atoms with van der Waals surface area (Å²) in [7, 11) is 0. The molecule has 20 heavy (non-hydrogen) atoms. The molecular weight excluding hydrogens is 268 g/mol. The van der Waals surface area contributed by atoms with Crippen LogP contribution in [-0.4, -0.2) is 11.5 Å². The highest BCUT2D eigenvalue weighted by molar-refractivity contribution is 6.31. The lowest BCUT2D eigenvalue weighted by Gasteiger charge is -2.21. The van der Waals surface area contributed by atoms with E-state index >= 15 is 0 Å². The Balaban J connectivity index is 2.47. The van der Waals surface area contributed by atoms with Crippen molar-refractivity contribution in [1.29, 1.82) is 0 Å². The lowest BCUT2D eigenvalue weighted by Crippen LogP contribution is -2.24. The lowest BCUT2D eigenvalue weighted by molar-refractivity contribution is 0.609. The second-order valence-electron chi connectivity index (χ2n) is 4.90. The van der Waals surface area contributed by atoms with E-state index in [2.05, 4.69) is 42.3 Å². The third-order valence-electron chi connectivity index (χ3n) is 3.52. The number of hydrogen-bond donors (Lipinski definition) is 1. The van der Waals surface area contributed by atoms with Crippen LogP contribution < -0.4 is 5.32 Å². The minimum absolute atomic E-state index is 0.0919. The van der Waals surface area contributed by atoms with Gasteiger partial charge in [0.25, 0.3) is 0 Å². The zero-order chi connectivity index (χ0) is 14.5. The molecule has 1 heterocycles. The van der Waals surface area contributed by atoms with Gasteiger partial charge in [0.1, 0.15) is 0 Å². The number of aromatic nitrogens is 1. The Morgan fingerprint density at radius 2 is 2.05 bits per heavy atom. The third kappa shape index (κ3) is 3.20. The van der Waals surface area contributed by atoms with E-state index in [1.807, 2.05) is 25.3 Å². The Kier molecular flexibility index (Phi) is 5.16. The fraction of sp³-hybridized carbons (Fsp3) is 0.353. The molecule has 1 aromatic carbocycles. The van der Waals surface area contributed by atoms with Gasteiger partial charge in [0.15, 0.2) is 0 Å². The molecule has 0 fully saturated rings. The quantitative estimate of drug-likeness (QED) is 0.887. The van der Waals surface area contributed by atoms with E-state index in [1.165, 1.54) is 5.56 Å². The van der Waals surface area contributed by atoms with E-state index in [0.29, 0.717) is 0 Å². The monoisotopic (exact) mass is 288 g/mol. The number of nitrogens with zero attached hydrogens (tertiary/aromatic N) is 1. The van der Waals surface area contributed by atoms with Gasteiger partial charge < -0.3 is 5.32 Å².